The van der Waals surface area contributed by atoms with Crippen LogP contribution in [0.15, 0.2) is 18.2 Å². The van der Waals surface area contributed by atoms with Gasteiger partial charge in [-0.15, -0.1) is 0 Å². The summed E-state index contributed by atoms with van der Waals surface area (Å²) in [6.45, 7) is 3.96. The molecule has 1 fully saturated rings. The van der Waals surface area contributed by atoms with Crippen molar-refractivity contribution in [2.45, 2.75) is 19.9 Å². The first kappa shape index (κ1) is 11.4. The molecule has 1 heterocycles. The number of benzene rings is 1. The molecule has 1 aliphatic rings. The van der Waals surface area contributed by atoms with Crippen LogP contribution in [-0.2, 0) is 4.79 Å². The van der Waals surface area contributed by atoms with Gasteiger partial charge in [-0.25, -0.2) is 9.59 Å². The Bertz CT molecular complexity index is 485. The maximum absolute atomic E-state index is 11.7. The number of carbonyl (C=O) groups is 2. The van der Waals surface area contributed by atoms with Gasteiger partial charge in [0.05, 0.1) is 6.54 Å². The molecule has 0 saturated carbocycles. The third-order valence-electron chi connectivity index (χ3n) is 2.87. The summed E-state index contributed by atoms with van der Waals surface area (Å²) in [6.07, 6.45) is 0. The Labute approximate surface area is 99.0 Å². The normalized spacial score (nSPS) is 19.3. The van der Waals surface area contributed by atoms with Crippen LogP contribution in [0.1, 0.15) is 11.1 Å². The number of nitrogens with zero attached hydrogens (tertiary/aromatic N) is 1. The lowest BCUT2D eigenvalue weighted by Crippen LogP contribution is -2.40. The number of carbonyl (C=O) groups excluding carboxylic acids is 1. The molecule has 0 aromatic heterocycles. The number of carboxylic acid groups (broad SMARTS) is 1. The van der Waals surface area contributed by atoms with Gasteiger partial charge in [0.2, 0.25) is 0 Å². The number of hydrogen-bond acceptors (Lipinski definition) is 2. The van der Waals surface area contributed by atoms with Crippen LogP contribution < -0.4 is 10.2 Å². The SMILES string of the molecule is Cc1ccc(N2C(=O)NCC2C(=O)O)c(C)c1. The minimum absolute atomic E-state index is 0.140. The highest BCUT2D eigenvalue weighted by Gasteiger charge is 2.37. The molecule has 2 rings (SSSR count). The van der Waals surface area contributed by atoms with Crippen molar-refractivity contribution in [2.24, 2.45) is 0 Å². The molecule has 0 radical (unpaired) electrons. The van der Waals surface area contributed by atoms with Crippen LogP contribution in [0, 0.1) is 13.8 Å². The quantitative estimate of drug-likeness (QED) is 0.810. The Morgan fingerprint density at radius 3 is 2.76 bits per heavy atom. The number of rotatable bonds is 2. The third kappa shape index (κ3) is 1.95. The number of aliphatic carboxylic acids is 1. The maximum Gasteiger partial charge on any atom is 0.328 e. The van der Waals surface area contributed by atoms with Crippen molar-refractivity contribution >= 4 is 17.7 Å². The Morgan fingerprint density at radius 2 is 2.18 bits per heavy atom. The van der Waals surface area contributed by atoms with Gasteiger partial charge in [-0.2, -0.15) is 0 Å². The van der Waals surface area contributed by atoms with E-state index in [9.17, 15) is 9.59 Å². The number of carboxylic acids is 1. The molecule has 2 N–H and O–H groups in total. The lowest BCUT2D eigenvalue weighted by Gasteiger charge is -2.22. The molecule has 17 heavy (non-hydrogen) atoms. The number of anilines is 1. The molecule has 1 aliphatic heterocycles. The fraction of sp³-hybridized carbons (Fsp3) is 0.333. The molecule has 5 heteroatoms. The fourth-order valence-corrected chi connectivity index (χ4v) is 2.05. The molecular weight excluding hydrogens is 220 g/mol. The largest absolute Gasteiger partial charge is 0.480 e. The molecule has 0 bridgehead atoms. The van der Waals surface area contributed by atoms with Crippen LogP contribution >= 0.6 is 0 Å². The van der Waals surface area contributed by atoms with Crippen molar-refractivity contribution in [3.05, 3.63) is 29.3 Å². The first-order valence-corrected chi connectivity index (χ1v) is 5.38. The summed E-state index contributed by atoms with van der Waals surface area (Å²) in [5, 5.41) is 11.6. The van der Waals surface area contributed by atoms with E-state index >= 15 is 0 Å². The van der Waals surface area contributed by atoms with Gasteiger partial charge in [0, 0.05) is 5.69 Å². The molecule has 5 nitrogen and oxygen atoms in total. The van der Waals surface area contributed by atoms with Gasteiger partial charge in [0.1, 0.15) is 0 Å². The zero-order valence-electron chi connectivity index (χ0n) is 9.73. The second kappa shape index (κ2) is 4.08. The second-order valence-corrected chi connectivity index (χ2v) is 4.20. The van der Waals surface area contributed by atoms with E-state index in [1.54, 1.807) is 6.07 Å². The fourth-order valence-electron chi connectivity index (χ4n) is 2.05. The summed E-state index contributed by atoms with van der Waals surface area (Å²) >= 11 is 0. The van der Waals surface area contributed by atoms with Crippen molar-refractivity contribution in [1.29, 1.82) is 0 Å². The van der Waals surface area contributed by atoms with E-state index in [-0.39, 0.29) is 12.6 Å². The predicted octanol–water partition coefficient (Wildman–Crippen LogP) is 1.29. The minimum atomic E-state index is -0.997. The topological polar surface area (TPSA) is 69.6 Å². The Morgan fingerprint density at radius 1 is 1.47 bits per heavy atom. The van der Waals surface area contributed by atoms with Gasteiger partial charge >= 0.3 is 12.0 Å². The number of nitrogens with one attached hydrogen (secondary N) is 1. The average molecular weight is 234 g/mol. The summed E-state index contributed by atoms with van der Waals surface area (Å²) in [4.78, 5) is 24.1. The van der Waals surface area contributed by atoms with E-state index < -0.39 is 12.0 Å². The van der Waals surface area contributed by atoms with Crippen LogP contribution in [0.5, 0.6) is 0 Å². The molecule has 1 aromatic carbocycles. The summed E-state index contributed by atoms with van der Waals surface area (Å²) < 4.78 is 0. The number of amides is 2. The van der Waals surface area contributed by atoms with Crippen LogP contribution in [-0.4, -0.2) is 29.7 Å². The Kier molecular flexibility index (Phi) is 2.75. The van der Waals surface area contributed by atoms with Gasteiger partial charge < -0.3 is 10.4 Å². The van der Waals surface area contributed by atoms with E-state index in [0.29, 0.717) is 5.69 Å². The van der Waals surface area contributed by atoms with Crippen molar-refractivity contribution in [2.75, 3.05) is 11.4 Å². The average Bonchev–Trinajstić information content (AvgIpc) is 2.60. The van der Waals surface area contributed by atoms with Gasteiger partial charge in [-0.3, -0.25) is 4.90 Å². The van der Waals surface area contributed by atoms with E-state index in [4.69, 9.17) is 5.11 Å². The van der Waals surface area contributed by atoms with Crippen LogP contribution in [0.2, 0.25) is 0 Å². The number of urea groups is 1. The maximum atomic E-state index is 11.7. The molecule has 1 aromatic rings. The monoisotopic (exact) mass is 234 g/mol. The minimum Gasteiger partial charge on any atom is -0.480 e. The highest BCUT2D eigenvalue weighted by molar-refractivity contribution is 6.01. The van der Waals surface area contributed by atoms with E-state index in [1.165, 1.54) is 4.90 Å². The van der Waals surface area contributed by atoms with Gasteiger partial charge in [0.25, 0.3) is 0 Å². The predicted molar refractivity (Wildman–Crippen MR) is 63.2 cm³/mol. The zero-order chi connectivity index (χ0) is 12.6. The highest BCUT2D eigenvalue weighted by atomic mass is 16.4. The van der Waals surface area contributed by atoms with Gasteiger partial charge in [0.15, 0.2) is 6.04 Å². The summed E-state index contributed by atoms with van der Waals surface area (Å²) in [5.41, 5.74) is 2.63. The van der Waals surface area contributed by atoms with Crippen molar-refractivity contribution in [3.8, 4) is 0 Å². The summed E-state index contributed by atoms with van der Waals surface area (Å²) in [7, 11) is 0. The number of aryl methyl sites for hydroxylation is 2. The van der Waals surface area contributed by atoms with E-state index in [2.05, 4.69) is 5.32 Å². The lowest BCUT2D eigenvalue weighted by molar-refractivity contribution is -0.137. The molecule has 90 valence electrons. The first-order chi connectivity index (χ1) is 8.00. The first-order valence-electron chi connectivity index (χ1n) is 5.38. The van der Waals surface area contributed by atoms with Crippen LogP contribution in [0.4, 0.5) is 10.5 Å². The molecule has 1 saturated heterocycles. The molecular formula is C12H14N2O3. The van der Waals surface area contributed by atoms with Crippen molar-refractivity contribution in [1.82, 2.24) is 5.32 Å². The van der Waals surface area contributed by atoms with E-state index in [0.717, 1.165) is 11.1 Å². The standard InChI is InChI=1S/C12H14N2O3/c1-7-3-4-9(8(2)5-7)14-10(11(15)16)6-13-12(14)17/h3-5,10H,6H2,1-2H3,(H,13,17)(H,15,16). The zero-order valence-corrected chi connectivity index (χ0v) is 9.73. The summed E-state index contributed by atoms with van der Waals surface area (Å²) in [6, 6.07) is 4.39. The Hall–Kier alpha value is -2.04. The van der Waals surface area contributed by atoms with Crippen LogP contribution in [0.25, 0.3) is 0 Å². The molecule has 1 unspecified atom stereocenters. The third-order valence-corrected chi connectivity index (χ3v) is 2.87. The van der Waals surface area contributed by atoms with Crippen molar-refractivity contribution in [3.63, 3.8) is 0 Å². The molecule has 2 amide bonds. The van der Waals surface area contributed by atoms with Gasteiger partial charge in [-0.1, -0.05) is 17.7 Å². The molecule has 0 spiro atoms. The molecule has 0 aliphatic carbocycles. The van der Waals surface area contributed by atoms with Gasteiger partial charge in [-0.05, 0) is 25.5 Å². The number of hydrogen-bond donors (Lipinski definition) is 2. The molecule has 1 atom stereocenters. The second-order valence-electron chi connectivity index (χ2n) is 4.20. The highest BCUT2D eigenvalue weighted by Crippen LogP contribution is 2.25. The summed E-state index contributed by atoms with van der Waals surface area (Å²) in [5.74, 6) is -0.997. The Balaban J connectivity index is 2.43. The lowest BCUT2D eigenvalue weighted by atomic mass is 10.1. The van der Waals surface area contributed by atoms with Crippen molar-refractivity contribution < 1.29 is 14.7 Å². The smallest absolute Gasteiger partial charge is 0.328 e. The van der Waals surface area contributed by atoms with E-state index in [1.807, 2.05) is 26.0 Å². The van der Waals surface area contributed by atoms with Crippen LogP contribution in [0.3, 0.4) is 0 Å².